The Morgan fingerprint density at radius 1 is 1.09 bits per heavy atom. The molecule has 1 atom stereocenters. The highest BCUT2D eigenvalue weighted by molar-refractivity contribution is 5.81. The maximum Gasteiger partial charge on any atom is 0.312 e. The molecule has 0 bridgehead atoms. The molecule has 0 aliphatic heterocycles. The van der Waals surface area contributed by atoms with Crippen molar-refractivity contribution < 1.29 is 19.1 Å². The molecule has 2 N–H and O–H groups in total. The van der Waals surface area contributed by atoms with E-state index in [0.717, 1.165) is 38.5 Å². The van der Waals surface area contributed by atoms with E-state index in [-0.39, 0.29) is 18.4 Å². The number of nitrogens with one attached hydrogen (secondary N) is 1. The molecule has 1 fully saturated rings. The van der Waals surface area contributed by atoms with Gasteiger partial charge < -0.3 is 10.4 Å². The normalized spacial score (nSPS) is 17.8. The van der Waals surface area contributed by atoms with Gasteiger partial charge in [-0.3, -0.25) is 9.59 Å². The summed E-state index contributed by atoms with van der Waals surface area (Å²) in [6, 6.07) is 5.38. The van der Waals surface area contributed by atoms with E-state index in [1.54, 1.807) is 0 Å². The first-order chi connectivity index (χ1) is 11.1. The first-order valence-electron chi connectivity index (χ1n) is 8.34. The number of rotatable bonds is 5. The van der Waals surface area contributed by atoms with Gasteiger partial charge in [-0.05, 0) is 30.5 Å². The topological polar surface area (TPSA) is 66.4 Å². The van der Waals surface area contributed by atoms with Crippen molar-refractivity contribution >= 4 is 11.9 Å². The fourth-order valence-electron chi connectivity index (χ4n) is 3.11. The Morgan fingerprint density at radius 3 is 2.22 bits per heavy atom. The average Bonchev–Trinajstić information content (AvgIpc) is 2.48. The summed E-state index contributed by atoms with van der Waals surface area (Å²) in [4.78, 5) is 23.7. The van der Waals surface area contributed by atoms with Crippen LogP contribution in [0.3, 0.4) is 0 Å². The van der Waals surface area contributed by atoms with Crippen molar-refractivity contribution in [2.24, 2.45) is 5.92 Å². The standard InChI is InChI=1S/C18H24FNO3/c19-15-10-8-13(9-11-15)16(18(22)23)12-20-17(21)14-6-4-2-1-3-5-7-14/h8-11,14,16H,1-7,12H2,(H,20,21)(H,22,23). The lowest BCUT2D eigenvalue weighted by Gasteiger charge is -2.20. The van der Waals surface area contributed by atoms with Crippen LogP contribution in [-0.2, 0) is 9.59 Å². The third kappa shape index (κ3) is 5.34. The van der Waals surface area contributed by atoms with Crippen LogP contribution in [0.4, 0.5) is 4.39 Å². The number of halogens is 1. The Kier molecular flexibility index (Phi) is 6.56. The third-order valence-corrected chi connectivity index (χ3v) is 4.53. The Balaban J connectivity index is 1.93. The van der Waals surface area contributed by atoms with Crippen LogP contribution < -0.4 is 5.32 Å². The number of benzene rings is 1. The summed E-state index contributed by atoms with van der Waals surface area (Å²) in [5, 5.41) is 12.1. The quantitative estimate of drug-likeness (QED) is 0.872. The minimum absolute atomic E-state index is 0.0158. The molecule has 0 aromatic heterocycles. The maximum absolute atomic E-state index is 13.0. The van der Waals surface area contributed by atoms with Crippen LogP contribution in [0.5, 0.6) is 0 Å². The van der Waals surface area contributed by atoms with E-state index in [4.69, 9.17) is 0 Å². The molecule has 1 aliphatic rings. The van der Waals surface area contributed by atoms with E-state index >= 15 is 0 Å². The summed E-state index contributed by atoms with van der Waals surface area (Å²) in [7, 11) is 0. The molecule has 4 nitrogen and oxygen atoms in total. The minimum atomic E-state index is -1.02. The molecular weight excluding hydrogens is 297 g/mol. The lowest BCUT2D eigenvalue weighted by Crippen LogP contribution is -2.36. The van der Waals surface area contributed by atoms with E-state index < -0.39 is 17.7 Å². The molecule has 5 heteroatoms. The van der Waals surface area contributed by atoms with Crippen molar-refractivity contribution in [2.45, 2.75) is 50.9 Å². The fourth-order valence-corrected chi connectivity index (χ4v) is 3.11. The van der Waals surface area contributed by atoms with Crippen molar-refractivity contribution in [1.82, 2.24) is 5.32 Å². The summed E-state index contributed by atoms with van der Waals surface area (Å²) in [6.45, 7) is 0.0380. The van der Waals surface area contributed by atoms with Gasteiger partial charge in [0.25, 0.3) is 0 Å². The van der Waals surface area contributed by atoms with Crippen LogP contribution in [0.15, 0.2) is 24.3 Å². The van der Waals surface area contributed by atoms with Crippen LogP contribution in [0.1, 0.15) is 56.4 Å². The Hall–Kier alpha value is -1.91. The Bertz CT molecular complexity index is 522. The molecule has 1 aliphatic carbocycles. The number of hydrogen-bond acceptors (Lipinski definition) is 2. The molecule has 0 saturated heterocycles. The zero-order valence-corrected chi connectivity index (χ0v) is 13.3. The summed E-state index contributed by atoms with van der Waals surface area (Å²) in [5.41, 5.74) is 0.497. The summed E-state index contributed by atoms with van der Waals surface area (Å²) >= 11 is 0. The van der Waals surface area contributed by atoms with Gasteiger partial charge in [-0.15, -0.1) is 0 Å². The zero-order chi connectivity index (χ0) is 16.7. The fraction of sp³-hybridized carbons (Fsp3) is 0.556. The van der Waals surface area contributed by atoms with Gasteiger partial charge in [-0.25, -0.2) is 4.39 Å². The van der Waals surface area contributed by atoms with Gasteiger partial charge in [0.2, 0.25) is 5.91 Å². The van der Waals surface area contributed by atoms with Crippen LogP contribution in [-0.4, -0.2) is 23.5 Å². The molecule has 0 radical (unpaired) electrons. The lowest BCUT2D eigenvalue weighted by atomic mass is 9.90. The summed E-state index contributed by atoms with van der Waals surface area (Å²) < 4.78 is 13.0. The molecule has 1 saturated carbocycles. The molecular formula is C18H24FNO3. The average molecular weight is 321 g/mol. The smallest absolute Gasteiger partial charge is 0.312 e. The van der Waals surface area contributed by atoms with Gasteiger partial charge in [0.15, 0.2) is 0 Å². The predicted octanol–water partition coefficient (Wildman–Crippen LogP) is 3.47. The first kappa shape index (κ1) is 17.4. The maximum atomic E-state index is 13.0. The Labute approximate surface area is 136 Å². The van der Waals surface area contributed by atoms with Crippen molar-refractivity contribution in [3.05, 3.63) is 35.6 Å². The molecule has 23 heavy (non-hydrogen) atoms. The van der Waals surface area contributed by atoms with Gasteiger partial charge >= 0.3 is 5.97 Å². The van der Waals surface area contributed by atoms with E-state index in [0.29, 0.717) is 5.56 Å². The van der Waals surface area contributed by atoms with Gasteiger partial charge in [-0.1, -0.05) is 44.2 Å². The molecule has 0 heterocycles. The van der Waals surface area contributed by atoms with Crippen molar-refractivity contribution in [3.63, 3.8) is 0 Å². The van der Waals surface area contributed by atoms with Crippen molar-refractivity contribution in [2.75, 3.05) is 6.54 Å². The first-order valence-corrected chi connectivity index (χ1v) is 8.34. The highest BCUT2D eigenvalue weighted by atomic mass is 19.1. The minimum Gasteiger partial charge on any atom is -0.481 e. The van der Waals surface area contributed by atoms with Crippen molar-refractivity contribution in [3.8, 4) is 0 Å². The van der Waals surface area contributed by atoms with E-state index in [1.165, 1.54) is 30.7 Å². The van der Waals surface area contributed by atoms with E-state index in [2.05, 4.69) is 5.32 Å². The van der Waals surface area contributed by atoms with Crippen molar-refractivity contribution in [1.29, 1.82) is 0 Å². The summed E-state index contributed by atoms with van der Waals surface area (Å²) in [5.74, 6) is -2.35. The number of amides is 1. The molecule has 1 aromatic carbocycles. The largest absolute Gasteiger partial charge is 0.481 e. The van der Waals surface area contributed by atoms with Crippen LogP contribution in [0.2, 0.25) is 0 Å². The van der Waals surface area contributed by atoms with Crippen LogP contribution in [0, 0.1) is 11.7 Å². The number of hydrogen-bond donors (Lipinski definition) is 2. The Morgan fingerprint density at radius 2 is 1.65 bits per heavy atom. The van der Waals surface area contributed by atoms with E-state index in [1.807, 2.05) is 0 Å². The van der Waals surface area contributed by atoms with Crippen LogP contribution >= 0.6 is 0 Å². The number of aliphatic carboxylic acids is 1. The number of carbonyl (C=O) groups excluding carboxylic acids is 1. The third-order valence-electron chi connectivity index (χ3n) is 4.53. The predicted molar refractivity (Wildman–Crippen MR) is 85.6 cm³/mol. The second-order valence-corrected chi connectivity index (χ2v) is 6.23. The highest BCUT2D eigenvalue weighted by Crippen LogP contribution is 2.23. The monoisotopic (exact) mass is 321 g/mol. The van der Waals surface area contributed by atoms with Gasteiger partial charge in [0.05, 0.1) is 5.92 Å². The molecule has 126 valence electrons. The van der Waals surface area contributed by atoms with Gasteiger partial charge in [0, 0.05) is 12.5 Å². The second kappa shape index (κ2) is 8.65. The van der Waals surface area contributed by atoms with Gasteiger partial charge in [-0.2, -0.15) is 0 Å². The highest BCUT2D eigenvalue weighted by Gasteiger charge is 2.24. The summed E-state index contributed by atoms with van der Waals surface area (Å²) in [6.07, 6.45) is 7.42. The van der Waals surface area contributed by atoms with E-state index in [9.17, 15) is 19.1 Å². The van der Waals surface area contributed by atoms with Gasteiger partial charge in [0.1, 0.15) is 5.82 Å². The molecule has 0 spiro atoms. The molecule has 1 aromatic rings. The number of carbonyl (C=O) groups is 2. The molecule has 1 amide bonds. The zero-order valence-electron chi connectivity index (χ0n) is 13.3. The van der Waals surface area contributed by atoms with Crippen LogP contribution in [0.25, 0.3) is 0 Å². The number of carboxylic acid groups (broad SMARTS) is 1. The molecule has 2 rings (SSSR count). The lowest BCUT2D eigenvalue weighted by molar-refractivity contribution is -0.138. The SMILES string of the molecule is O=C(NCC(C(=O)O)c1ccc(F)cc1)C1CCCCCCC1. The number of carboxylic acids is 1. The second-order valence-electron chi connectivity index (χ2n) is 6.23. The molecule has 1 unspecified atom stereocenters.